The molecule has 2 N–H and O–H groups in total. The van der Waals surface area contributed by atoms with Gasteiger partial charge in [-0.1, -0.05) is 53.7 Å². The summed E-state index contributed by atoms with van der Waals surface area (Å²) in [6, 6.07) is 6.99. The van der Waals surface area contributed by atoms with E-state index in [2.05, 4.69) is 41.5 Å². The molecule has 3 nitrogen and oxygen atoms in total. The highest BCUT2D eigenvalue weighted by atomic mass is 32.2. The number of benzene rings is 1. The van der Waals surface area contributed by atoms with Crippen molar-refractivity contribution in [3.05, 3.63) is 29.8 Å². The highest BCUT2D eigenvalue weighted by Gasteiger charge is 2.30. The zero-order valence-corrected chi connectivity index (χ0v) is 14.2. The largest absolute Gasteiger partial charge is 0.238 e. The van der Waals surface area contributed by atoms with E-state index in [4.69, 9.17) is 5.14 Å². The van der Waals surface area contributed by atoms with Crippen molar-refractivity contribution in [1.82, 2.24) is 0 Å². The molecule has 0 aliphatic rings. The highest BCUT2D eigenvalue weighted by molar-refractivity contribution is 7.89. The summed E-state index contributed by atoms with van der Waals surface area (Å²) in [5.74, 6) is 0.372. The Bertz CT molecular complexity index is 546. The van der Waals surface area contributed by atoms with E-state index in [-0.39, 0.29) is 15.7 Å². The third kappa shape index (κ3) is 4.91. The predicted octanol–water partition coefficient (Wildman–Crippen LogP) is 3.90. The Hall–Kier alpha value is -0.870. The predicted molar refractivity (Wildman–Crippen MR) is 84.1 cm³/mol. The Balaban J connectivity index is 3.16. The maximum atomic E-state index is 11.3. The molecule has 0 radical (unpaired) electrons. The first-order valence-electron chi connectivity index (χ1n) is 6.93. The molecule has 0 saturated heterocycles. The first kappa shape index (κ1) is 17.2. The van der Waals surface area contributed by atoms with Crippen molar-refractivity contribution >= 4 is 10.0 Å². The molecule has 1 rings (SSSR count). The van der Waals surface area contributed by atoms with Crippen LogP contribution in [0.4, 0.5) is 0 Å². The third-order valence-corrected chi connectivity index (χ3v) is 4.40. The smallest absolute Gasteiger partial charge is 0.225 e. The molecule has 1 atom stereocenters. The van der Waals surface area contributed by atoms with Crippen LogP contribution in [-0.2, 0) is 10.0 Å². The topological polar surface area (TPSA) is 60.2 Å². The minimum absolute atomic E-state index is 0.121. The van der Waals surface area contributed by atoms with Crippen LogP contribution in [0.25, 0.3) is 0 Å². The molecule has 4 heteroatoms. The van der Waals surface area contributed by atoms with E-state index < -0.39 is 10.0 Å². The molecule has 0 bridgehead atoms. The summed E-state index contributed by atoms with van der Waals surface area (Å²) >= 11 is 0. The minimum Gasteiger partial charge on any atom is -0.225 e. The molecule has 1 aromatic carbocycles. The van der Waals surface area contributed by atoms with Gasteiger partial charge in [0.2, 0.25) is 10.0 Å². The molecule has 0 fully saturated rings. The van der Waals surface area contributed by atoms with Gasteiger partial charge in [0.05, 0.1) is 4.90 Å². The normalized spacial score (nSPS) is 15.2. The van der Waals surface area contributed by atoms with Crippen LogP contribution in [0.3, 0.4) is 0 Å². The number of sulfonamides is 1. The fourth-order valence-corrected chi connectivity index (χ4v) is 2.94. The summed E-state index contributed by atoms with van der Waals surface area (Å²) in [5.41, 5.74) is 1.51. The van der Waals surface area contributed by atoms with Gasteiger partial charge in [0.25, 0.3) is 0 Å². The quantitative estimate of drug-likeness (QED) is 0.919. The van der Waals surface area contributed by atoms with E-state index >= 15 is 0 Å². The Kier molecular flexibility index (Phi) is 4.72. The standard InChI is InChI=1S/C16H27NO2S/c1-15(2,3)11-14(16(4,5)6)12-7-9-13(10-8-12)20(17,18)19/h7-10,14H,11H2,1-6H3,(H2,17,18,19). The van der Waals surface area contributed by atoms with Gasteiger partial charge in [-0.05, 0) is 40.9 Å². The van der Waals surface area contributed by atoms with Crippen LogP contribution in [0.5, 0.6) is 0 Å². The lowest BCUT2D eigenvalue weighted by Gasteiger charge is -2.36. The van der Waals surface area contributed by atoms with Gasteiger partial charge in [0, 0.05) is 0 Å². The molecule has 0 spiro atoms. The Morgan fingerprint density at radius 1 is 1.00 bits per heavy atom. The van der Waals surface area contributed by atoms with Crippen LogP contribution in [0.1, 0.15) is 59.4 Å². The first-order chi connectivity index (χ1) is 8.81. The van der Waals surface area contributed by atoms with Gasteiger partial charge in [0.15, 0.2) is 0 Å². The van der Waals surface area contributed by atoms with Crippen LogP contribution in [0, 0.1) is 10.8 Å². The molecule has 0 aliphatic carbocycles. The maximum Gasteiger partial charge on any atom is 0.238 e. The fraction of sp³-hybridized carbons (Fsp3) is 0.625. The lowest BCUT2D eigenvalue weighted by molar-refractivity contribution is 0.229. The second kappa shape index (κ2) is 5.49. The lowest BCUT2D eigenvalue weighted by atomic mass is 9.69. The van der Waals surface area contributed by atoms with E-state index in [0.717, 1.165) is 6.42 Å². The van der Waals surface area contributed by atoms with Gasteiger partial charge in [0.1, 0.15) is 0 Å². The van der Waals surface area contributed by atoms with Crippen LogP contribution >= 0.6 is 0 Å². The highest BCUT2D eigenvalue weighted by Crippen LogP contribution is 2.43. The van der Waals surface area contributed by atoms with E-state index in [1.54, 1.807) is 12.1 Å². The van der Waals surface area contributed by atoms with Crippen molar-refractivity contribution in [2.24, 2.45) is 16.0 Å². The van der Waals surface area contributed by atoms with Crippen molar-refractivity contribution in [3.63, 3.8) is 0 Å². The van der Waals surface area contributed by atoms with Crippen molar-refractivity contribution in [2.45, 2.75) is 58.8 Å². The van der Waals surface area contributed by atoms with Crippen molar-refractivity contribution in [1.29, 1.82) is 0 Å². The summed E-state index contributed by atoms with van der Waals surface area (Å²) in [5, 5.41) is 5.14. The third-order valence-electron chi connectivity index (χ3n) is 3.47. The van der Waals surface area contributed by atoms with Gasteiger partial charge in [-0.2, -0.15) is 0 Å². The van der Waals surface area contributed by atoms with Gasteiger partial charge in [-0.25, -0.2) is 13.6 Å². The zero-order valence-electron chi connectivity index (χ0n) is 13.4. The van der Waals surface area contributed by atoms with Crippen LogP contribution in [-0.4, -0.2) is 8.42 Å². The summed E-state index contributed by atoms with van der Waals surface area (Å²) in [6.07, 6.45) is 1.05. The van der Waals surface area contributed by atoms with Crippen molar-refractivity contribution in [2.75, 3.05) is 0 Å². The average molecular weight is 297 g/mol. The van der Waals surface area contributed by atoms with Gasteiger partial charge in [-0.15, -0.1) is 0 Å². The van der Waals surface area contributed by atoms with E-state index in [1.165, 1.54) is 5.56 Å². The van der Waals surface area contributed by atoms with Crippen LogP contribution < -0.4 is 5.14 Å². The molecule has 0 heterocycles. The Morgan fingerprint density at radius 3 is 1.75 bits per heavy atom. The summed E-state index contributed by atoms with van der Waals surface area (Å²) < 4.78 is 22.6. The van der Waals surface area contributed by atoms with Gasteiger partial charge < -0.3 is 0 Å². The molecule has 20 heavy (non-hydrogen) atoms. The number of hydrogen-bond acceptors (Lipinski definition) is 2. The number of hydrogen-bond donors (Lipinski definition) is 1. The molecule has 0 aromatic heterocycles. The lowest BCUT2D eigenvalue weighted by Crippen LogP contribution is -2.24. The van der Waals surface area contributed by atoms with Crippen molar-refractivity contribution < 1.29 is 8.42 Å². The summed E-state index contributed by atoms with van der Waals surface area (Å²) in [4.78, 5) is 0.171. The second-order valence-corrected chi connectivity index (χ2v) is 9.36. The minimum atomic E-state index is -3.62. The molecule has 0 amide bonds. The second-order valence-electron chi connectivity index (χ2n) is 7.80. The van der Waals surface area contributed by atoms with Crippen LogP contribution in [0.15, 0.2) is 29.2 Å². The Morgan fingerprint density at radius 2 is 1.45 bits per heavy atom. The molecular weight excluding hydrogens is 270 g/mol. The number of nitrogens with two attached hydrogens (primary N) is 1. The summed E-state index contributed by atoms with van der Waals surface area (Å²) in [6.45, 7) is 13.3. The Labute approximate surface area is 123 Å². The van der Waals surface area contributed by atoms with E-state index in [9.17, 15) is 8.42 Å². The molecule has 114 valence electrons. The SMILES string of the molecule is CC(C)(C)CC(c1ccc(S(N)(=O)=O)cc1)C(C)(C)C. The van der Waals surface area contributed by atoms with E-state index in [1.807, 2.05) is 12.1 Å². The zero-order chi connectivity index (χ0) is 15.8. The number of rotatable bonds is 3. The summed E-state index contributed by atoms with van der Waals surface area (Å²) in [7, 11) is -3.62. The fourth-order valence-electron chi connectivity index (χ4n) is 2.43. The molecule has 1 aromatic rings. The monoisotopic (exact) mass is 297 g/mol. The first-order valence-corrected chi connectivity index (χ1v) is 8.48. The number of primary sulfonamides is 1. The molecule has 0 saturated carbocycles. The molecule has 0 aliphatic heterocycles. The maximum absolute atomic E-state index is 11.3. The average Bonchev–Trinajstić information content (AvgIpc) is 2.22. The van der Waals surface area contributed by atoms with Gasteiger partial charge in [-0.3, -0.25) is 0 Å². The molecule has 1 unspecified atom stereocenters. The van der Waals surface area contributed by atoms with Crippen molar-refractivity contribution in [3.8, 4) is 0 Å². The van der Waals surface area contributed by atoms with E-state index in [0.29, 0.717) is 5.92 Å². The molecular formula is C16H27NO2S. The van der Waals surface area contributed by atoms with Crippen LogP contribution in [0.2, 0.25) is 0 Å². The van der Waals surface area contributed by atoms with Gasteiger partial charge >= 0.3 is 0 Å².